The number of benzene rings is 3. The zero-order chi connectivity index (χ0) is 29.2. The van der Waals surface area contributed by atoms with Gasteiger partial charge in [0.1, 0.15) is 0 Å². The lowest BCUT2D eigenvalue weighted by Gasteiger charge is -2.27. The minimum Gasteiger partial charge on any atom is -0.0610 e. The van der Waals surface area contributed by atoms with E-state index in [1.54, 1.807) is 0 Å². The van der Waals surface area contributed by atoms with Crippen LogP contribution in [0.2, 0.25) is 0 Å². The summed E-state index contributed by atoms with van der Waals surface area (Å²) in [5, 5.41) is 4.46. The Morgan fingerprint density at radius 1 is 0.513 bits per heavy atom. The van der Waals surface area contributed by atoms with Crippen molar-refractivity contribution in [2.45, 2.75) is 119 Å². The largest absolute Gasteiger partial charge is 0.0610 e. The first-order chi connectivity index (χ1) is 18.3. The second-order valence-electron chi connectivity index (χ2n) is 13.0. The number of hydrogen-bond acceptors (Lipinski definition) is 1. The maximum absolute atomic E-state index is 9.87. The van der Waals surface area contributed by atoms with Gasteiger partial charge < -0.3 is 0 Å². The van der Waals surface area contributed by atoms with Gasteiger partial charge in [0.05, 0.1) is 5.69 Å². The molecule has 3 heteroatoms. The second-order valence-corrected chi connectivity index (χ2v) is 13.0. The van der Waals surface area contributed by atoms with Crippen LogP contribution in [0.15, 0.2) is 47.6 Å². The Bertz CT molecular complexity index is 1210. The van der Waals surface area contributed by atoms with Crippen LogP contribution in [0.25, 0.3) is 32.7 Å². The number of azide groups is 1. The van der Waals surface area contributed by atoms with Crippen molar-refractivity contribution in [3.8, 4) is 22.3 Å². The molecule has 0 aliphatic carbocycles. The van der Waals surface area contributed by atoms with E-state index in [0.29, 0.717) is 35.5 Å². The summed E-state index contributed by atoms with van der Waals surface area (Å²) in [4.78, 5) is 3.39. The third kappa shape index (κ3) is 6.25. The molecule has 0 saturated carbocycles. The molecule has 0 N–H and O–H groups in total. The third-order valence-corrected chi connectivity index (χ3v) is 7.98. The predicted molar refractivity (Wildman–Crippen MR) is 171 cm³/mol. The van der Waals surface area contributed by atoms with E-state index >= 15 is 0 Å². The first kappa shape index (κ1) is 30.5. The Balaban J connectivity index is 2.55. The summed E-state index contributed by atoms with van der Waals surface area (Å²) in [6, 6.07) is 16.0. The van der Waals surface area contributed by atoms with Gasteiger partial charge in [-0.1, -0.05) is 131 Å². The van der Waals surface area contributed by atoms with Crippen molar-refractivity contribution in [2.75, 3.05) is 0 Å². The third-order valence-electron chi connectivity index (χ3n) is 7.98. The van der Waals surface area contributed by atoms with Gasteiger partial charge in [-0.15, -0.1) is 0 Å². The van der Waals surface area contributed by atoms with E-state index in [-0.39, 0.29) is 0 Å². The highest BCUT2D eigenvalue weighted by Crippen LogP contribution is 2.49. The molecule has 0 fully saturated rings. The van der Waals surface area contributed by atoms with Gasteiger partial charge in [0.25, 0.3) is 0 Å². The normalized spacial score (nSPS) is 11.9. The molecule has 3 nitrogen and oxygen atoms in total. The Morgan fingerprint density at radius 2 is 0.821 bits per heavy atom. The topological polar surface area (TPSA) is 48.8 Å². The molecule has 0 radical (unpaired) electrons. The van der Waals surface area contributed by atoms with Crippen LogP contribution in [0.1, 0.15) is 152 Å². The quantitative estimate of drug-likeness (QED) is 0.152. The van der Waals surface area contributed by atoms with Crippen LogP contribution in [0, 0.1) is 0 Å². The van der Waals surface area contributed by atoms with Gasteiger partial charge in [-0.2, -0.15) is 0 Å². The fraction of sp³-hybridized carbons (Fsp3) is 0.500. The van der Waals surface area contributed by atoms with Gasteiger partial charge in [-0.25, -0.2) is 0 Å². The molecule has 0 bridgehead atoms. The smallest absolute Gasteiger partial charge is 0.0532 e. The van der Waals surface area contributed by atoms with Crippen LogP contribution in [0.5, 0.6) is 0 Å². The van der Waals surface area contributed by atoms with Crippen molar-refractivity contribution >= 4 is 5.69 Å². The minimum atomic E-state index is 0.335. The van der Waals surface area contributed by atoms with E-state index in [2.05, 4.69) is 136 Å². The van der Waals surface area contributed by atoms with Gasteiger partial charge >= 0.3 is 0 Å². The fourth-order valence-electron chi connectivity index (χ4n) is 5.63. The summed E-state index contributed by atoms with van der Waals surface area (Å²) in [7, 11) is 0. The van der Waals surface area contributed by atoms with Crippen LogP contribution in [-0.2, 0) is 0 Å². The molecule has 3 rings (SSSR count). The van der Waals surface area contributed by atoms with Crippen LogP contribution >= 0.6 is 0 Å². The molecular formula is C36H49N3. The molecule has 0 saturated heterocycles. The van der Waals surface area contributed by atoms with E-state index < -0.39 is 0 Å². The SMILES string of the molecule is CC(C)c1cc(C(C)C)c(-c2cccc(-c3c(C(C)C)cc(C(C)C)cc3C(C)C)c2N=[N+]=[N-])c(C(C)C)c1. The van der Waals surface area contributed by atoms with E-state index in [1.807, 2.05) is 0 Å². The Hall–Kier alpha value is -3.03. The second kappa shape index (κ2) is 12.4. The van der Waals surface area contributed by atoms with Crippen LogP contribution < -0.4 is 0 Å². The molecule has 0 heterocycles. The van der Waals surface area contributed by atoms with E-state index in [1.165, 1.54) is 44.5 Å². The number of rotatable bonds is 9. The van der Waals surface area contributed by atoms with Gasteiger partial charge in [0.2, 0.25) is 0 Å². The summed E-state index contributed by atoms with van der Waals surface area (Å²) in [6.45, 7) is 27.2. The molecule has 0 amide bonds. The lowest BCUT2D eigenvalue weighted by molar-refractivity contribution is 0.807. The summed E-state index contributed by atoms with van der Waals surface area (Å²) < 4.78 is 0. The Morgan fingerprint density at radius 3 is 1.05 bits per heavy atom. The van der Waals surface area contributed by atoms with Crippen LogP contribution in [0.4, 0.5) is 5.69 Å². The molecule has 0 spiro atoms. The Labute approximate surface area is 237 Å². The van der Waals surface area contributed by atoms with Crippen molar-refractivity contribution in [1.82, 2.24) is 0 Å². The molecule has 3 aromatic carbocycles. The highest BCUT2D eigenvalue weighted by atomic mass is 15.1. The van der Waals surface area contributed by atoms with Crippen molar-refractivity contribution in [3.63, 3.8) is 0 Å². The lowest BCUT2D eigenvalue weighted by atomic mass is 9.78. The summed E-state index contributed by atoms with van der Waals surface area (Å²) in [5.74, 6) is 2.23. The van der Waals surface area contributed by atoms with Gasteiger partial charge in [0.15, 0.2) is 0 Å². The molecular weight excluding hydrogens is 474 g/mol. The maximum Gasteiger partial charge on any atom is 0.0532 e. The van der Waals surface area contributed by atoms with Gasteiger partial charge in [-0.3, -0.25) is 0 Å². The maximum atomic E-state index is 9.87. The van der Waals surface area contributed by atoms with Gasteiger partial charge in [-0.05, 0) is 96.7 Å². The highest BCUT2D eigenvalue weighted by molar-refractivity contribution is 5.93. The van der Waals surface area contributed by atoms with Crippen LogP contribution in [0.3, 0.4) is 0 Å². The zero-order valence-corrected chi connectivity index (χ0v) is 26.3. The fourth-order valence-corrected chi connectivity index (χ4v) is 5.63. The van der Waals surface area contributed by atoms with E-state index in [0.717, 1.165) is 16.8 Å². The van der Waals surface area contributed by atoms with Crippen molar-refractivity contribution in [3.05, 3.63) is 86.3 Å². The first-order valence-electron chi connectivity index (χ1n) is 14.8. The number of nitrogens with zero attached hydrogens (tertiary/aromatic N) is 3. The standard InChI is InChI=1S/C36H49N3/c1-20(2)26-16-30(22(5)6)34(31(17-26)23(7)8)28-14-13-15-29(36(28)38-39-37)35-32(24(9)10)18-27(21(3)4)19-33(35)25(11)12/h13-25H,1-12H3. The zero-order valence-electron chi connectivity index (χ0n) is 26.3. The average Bonchev–Trinajstić information content (AvgIpc) is 2.87. The van der Waals surface area contributed by atoms with Crippen LogP contribution in [-0.4, -0.2) is 0 Å². The summed E-state index contributed by atoms with van der Waals surface area (Å²) in [6.07, 6.45) is 0. The highest BCUT2D eigenvalue weighted by Gasteiger charge is 2.25. The molecule has 0 unspecified atom stereocenters. The summed E-state index contributed by atoms with van der Waals surface area (Å²) >= 11 is 0. The van der Waals surface area contributed by atoms with Crippen molar-refractivity contribution in [1.29, 1.82) is 0 Å². The molecule has 0 aliphatic rings. The minimum absolute atomic E-state index is 0.335. The average molecular weight is 524 g/mol. The molecule has 0 atom stereocenters. The summed E-state index contributed by atoms with van der Waals surface area (Å²) in [5.41, 5.74) is 23.1. The van der Waals surface area contributed by atoms with Gasteiger partial charge in [0, 0.05) is 4.91 Å². The van der Waals surface area contributed by atoms with E-state index in [9.17, 15) is 5.53 Å². The van der Waals surface area contributed by atoms with E-state index in [4.69, 9.17) is 0 Å². The Kier molecular flexibility index (Phi) is 9.73. The number of hydrogen-bond donors (Lipinski definition) is 0. The monoisotopic (exact) mass is 523 g/mol. The molecule has 208 valence electrons. The first-order valence-corrected chi connectivity index (χ1v) is 14.8. The molecule has 3 aromatic rings. The lowest BCUT2D eigenvalue weighted by Crippen LogP contribution is -2.05. The molecule has 0 aromatic heterocycles. The predicted octanol–water partition coefficient (Wildman–Crippen LogP) is 12.7. The molecule has 39 heavy (non-hydrogen) atoms. The van der Waals surface area contributed by atoms with Crippen molar-refractivity contribution in [2.24, 2.45) is 5.11 Å². The molecule has 0 aliphatic heterocycles. The van der Waals surface area contributed by atoms with Crippen molar-refractivity contribution < 1.29 is 0 Å².